The number of anilines is 2. The normalized spacial score (nSPS) is 22.1. The monoisotopic (exact) mass is 325 g/mol. The third kappa shape index (κ3) is 5.31. The van der Waals surface area contributed by atoms with E-state index in [-0.39, 0.29) is 17.9 Å². The lowest BCUT2D eigenvalue weighted by atomic mass is 9.83. The molecule has 0 aliphatic heterocycles. The molecule has 1 aliphatic carbocycles. The molecule has 2 unspecified atom stereocenters. The molecule has 122 valence electrons. The predicted molar refractivity (Wildman–Crippen MR) is 88.1 cm³/mol. The van der Waals surface area contributed by atoms with Crippen molar-refractivity contribution in [3.05, 3.63) is 24.3 Å². The van der Waals surface area contributed by atoms with E-state index in [0.717, 1.165) is 31.9 Å². The van der Waals surface area contributed by atoms with E-state index >= 15 is 0 Å². The third-order valence-corrected chi connectivity index (χ3v) is 4.47. The lowest BCUT2D eigenvalue weighted by Gasteiger charge is -2.27. The topological polar surface area (TPSA) is 101 Å². The molecular weight excluding hydrogens is 302 g/mol. The van der Waals surface area contributed by atoms with E-state index < -0.39 is 10.0 Å². The summed E-state index contributed by atoms with van der Waals surface area (Å²) in [5, 5.41) is 2.81. The molecule has 0 heterocycles. The Hall–Kier alpha value is -1.60. The maximum absolute atomic E-state index is 12.1. The number of amides is 1. The van der Waals surface area contributed by atoms with Gasteiger partial charge in [0.2, 0.25) is 15.9 Å². The molecule has 0 radical (unpaired) electrons. The Morgan fingerprint density at radius 3 is 2.64 bits per heavy atom. The SMILES string of the molecule is CS(=O)(=O)Nc1cccc(NC(=O)CC2CCCCC2N)c1. The first-order chi connectivity index (χ1) is 10.3. The fourth-order valence-electron chi connectivity index (χ4n) is 2.81. The van der Waals surface area contributed by atoms with E-state index in [0.29, 0.717) is 17.8 Å². The first-order valence-electron chi connectivity index (χ1n) is 7.47. The predicted octanol–water partition coefficient (Wildman–Crippen LogP) is 1.90. The molecule has 0 aromatic heterocycles. The van der Waals surface area contributed by atoms with E-state index in [1.54, 1.807) is 24.3 Å². The average molecular weight is 325 g/mol. The standard InChI is InChI=1S/C15H23N3O3S/c1-22(20,21)18-13-7-4-6-12(10-13)17-15(19)9-11-5-2-3-8-14(11)16/h4,6-7,10-11,14,18H,2-3,5,8-9,16H2,1H3,(H,17,19). The van der Waals surface area contributed by atoms with Gasteiger partial charge in [-0.3, -0.25) is 9.52 Å². The smallest absolute Gasteiger partial charge is 0.229 e. The summed E-state index contributed by atoms with van der Waals surface area (Å²) in [6, 6.07) is 6.74. The van der Waals surface area contributed by atoms with E-state index in [1.807, 2.05) is 0 Å². The third-order valence-electron chi connectivity index (χ3n) is 3.87. The second-order valence-electron chi connectivity index (χ2n) is 5.92. The lowest BCUT2D eigenvalue weighted by Crippen LogP contribution is -2.35. The van der Waals surface area contributed by atoms with Gasteiger partial charge in [-0.25, -0.2) is 8.42 Å². The summed E-state index contributed by atoms with van der Waals surface area (Å²) in [5.41, 5.74) is 7.06. The molecule has 22 heavy (non-hydrogen) atoms. The highest BCUT2D eigenvalue weighted by Crippen LogP contribution is 2.26. The van der Waals surface area contributed by atoms with Crippen LogP contribution in [0.25, 0.3) is 0 Å². The van der Waals surface area contributed by atoms with Crippen LogP contribution in [0.5, 0.6) is 0 Å². The molecule has 1 amide bonds. The molecule has 2 atom stereocenters. The minimum atomic E-state index is -3.33. The molecule has 0 spiro atoms. The first kappa shape index (κ1) is 16.8. The molecule has 1 aromatic carbocycles. The zero-order chi connectivity index (χ0) is 16.2. The van der Waals surface area contributed by atoms with Crippen molar-refractivity contribution in [2.75, 3.05) is 16.3 Å². The molecule has 1 aliphatic rings. The largest absolute Gasteiger partial charge is 0.327 e. The molecule has 1 aromatic rings. The first-order valence-corrected chi connectivity index (χ1v) is 9.36. The molecule has 1 saturated carbocycles. The summed E-state index contributed by atoms with van der Waals surface area (Å²) in [5.74, 6) is 0.143. The quantitative estimate of drug-likeness (QED) is 0.769. The van der Waals surface area contributed by atoms with Crippen LogP contribution in [0, 0.1) is 5.92 Å². The highest BCUT2D eigenvalue weighted by molar-refractivity contribution is 7.92. The van der Waals surface area contributed by atoms with Gasteiger partial charge in [-0.2, -0.15) is 0 Å². The maximum atomic E-state index is 12.1. The summed E-state index contributed by atoms with van der Waals surface area (Å²) in [6.07, 6.45) is 5.72. The second kappa shape index (κ2) is 7.11. The van der Waals surface area contributed by atoms with Crippen molar-refractivity contribution in [3.63, 3.8) is 0 Å². The summed E-state index contributed by atoms with van der Waals surface area (Å²) in [4.78, 5) is 12.1. The van der Waals surface area contributed by atoms with Gasteiger partial charge in [0.1, 0.15) is 0 Å². The van der Waals surface area contributed by atoms with Gasteiger partial charge >= 0.3 is 0 Å². The molecule has 0 bridgehead atoms. The van der Waals surface area contributed by atoms with Gasteiger partial charge in [0.25, 0.3) is 0 Å². The molecule has 2 rings (SSSR count). The molecule has 0 saturated heterocycles. The van der Waals surface area contributed by atoms with E-state index in [4.69, 9.17) is 5.73 Å². The minimum absolute atomic E-state index is 0.0844. The number of hydrogen-bond acceptors (Lipinski definition) is 4. The number of sulfonamides is 1. The fourth-order valence-corrected chi connectivity index (χ4v) is 3.37. The van der Waals surface area contributed by atoms with Gasteiger partial charge in [-0.1, -0.05) is 18.9 Å². The summed E-state index contributed by atoms with van der Waals surface area (Å²) in [7, 11) is -3.33. The number of rotatable bonds is 5. The van der Waals surface area contributed by atoms with Crippen LogP contribution in [0.1, 0.15) is 32.1 Å². The van der Waals surface area contributed by atoms with Crippen LogP contribution in [0.3, 0.4) is 0 Å². The summed E-state index contributed by atoms with van der Waals surface area (Å²) >= 11 is 0. The molecule has 6 nitrogen and oxygen atoms in total. The number of nitrogens with one attached hydrogen (secondary N) is 2. The van der Waals surface area contributed by atoms with Crippen LogP contribution >= 0.6 is 0 Å². The fraction of sp³-hybridized carbons (Fsp3) is 0.533. The Bertz CT molecular complexity index is 631. The van der Waals surface area contributed by atoms with Crippen LogP contribution in [0.4, 0.5) is 11.4 Å². The maximum Gasteiger partial charge on any atom is 0.229 e. The Kier molecular flexibility index (Phi) is 5.42. The Labute approximate surface area is 131 Å². The zero-order valence-electron chi connectivity index (χ0n) is 12.7. The van der Waals surface area contributed by atoms with Crippen molar-refractivity contribution in [2.24, 2.45) is 11.7 Å². The van der Waals surface area contributed by atoms with Crippen LogP contribution in [-0.2, 0) is 14.8 Å². The Morgan fingerprint density at radius 2 is 1.95 bits per heavy atom. The molecule has 1 fully saturated rings. The van der Waals surface area contributed by atoms with Gasteiger partial charge < -0.3 is 11.1 Å². The summed E-state index contributed by atoms with van der Waals surface area (Å²) < 4.78 is 24.8. The van der Waals surface area contributed by atoms with Crippen molar-refractivity contribution in [2.45, 2.75) is 38.1 Å². The molecule has 7 heteroatoms. The van der Waals surface area contributed by atoms with Gasteiger partial charge in [-0.05, 0) is 37.0 Å². The average Bonchev–Trinajstić information content (AvgIpc) is 2.40. The highest BCUT2D eigenvalue weighted by Gasteiger charge is 2.24. The zero-order valence-corrected chi connectivity index (χ0v) is 13.5. The Morgan fingerprint density at radius 1 is 1.27 bits per heavy atom. The molecule has 4 N–H and O–H groups in total. The summed E-state index contributed by atoms with van der Waals surface area (Å²) in [6.45, 7) is 0. The Balaban J connectivity index is 1.95. The van der Waals surface area contributed by atoms with Crippen LogP contribution in [0.15, 0.2) is 24.3 Å². The number of carbonyl (C=O) groups is 1. The van der Waals surface area contributed by atoms with Crippen molar-refractivity contribution in [1.29, 1.82) is 0 Å². The van der Waals surface area contributed by atoms with E-state index in [9.17, 15) is 13.2 Å². The van der Waals surface area contributed by atoms with Crippen molar-refractivity contribution >= 4 is 27.3 Å². The lowest BCUT2D eigenvalue weighted by molar-refractivity contribution is -0.117. The number of benzene rings is 1. The van der Waals surface area contributed by atoms with E-state index in [2.05, 4.69) is 10.0 Å². The number of carbonyl (C=O) groups excluding carboxylic acids is 1. The van der Waals surface area contributed by atoms with Crippen LogP contribution < -0.4 is 15.8 Å². The highest BCUT2D eigenvalue weighted by atomic mass is 32.2. The number of nitrogens with two attached hydrogens (primary N) is 1. The van der Waals surface area contributed by atoms with Gasteiger partial charge in [0, 0.05) is 18.2 Å². The molecular formula is C15H23N3O3S. The minimum Gasteiger partial charge on any atom is -0.327 e. The van der Waals surface area contributed by atoms with E-state index in [1.165, 1.54) is 0 Å². The van der Waals surface area contributed by atoms with Gasteiger partial charge in [0.15, 0.2) is 0 Å². The number of hydrogen-bond donors (Lipinski definition) is 3. The van der Waals surface area contributed by atoms with Gasteiger partial charge in [-0.15, -0.1) is 0 Å². The van der Waals surface area contributed by atoms with Crippen LogP contribution in [0.2, 0.25) is 0 Å². The van der Waals surface area contributed by atoms with Crippen LogP contribution in [-0.4, -0.2) is 26.6 Å². The van der Waals surface area contributed by atoms with Crippen molar-refractivity contribution in [3.8, 4) is 0 Å². The van der Waals surface area contributed by atoms with Crippen molar-refractivity contribution < 1.29 is 13.2 Å². The van der Waals surface area contributed by atoms with Crippen molar-refractivity contribution in [1.82, 2.24) is 0 Å². The second-order valence-corrected chi connectivity index (χ2v) is 7.66. The van der Waals surface area contributed by atoms with Gasteiger partial charge in [0.05, 0.1) is 11.9 Å².